The van der Waals surface area contributed by atoms with Crippen LogP contribution in [0.4, 0.5) is 5.13 Å². The van der Waals surface area contributed by atoms with Gasteiger partial charge in [-0.15, -0.1) is 11.3 Å². The molecule has 0 aromatic carbocycles. The second-order valence-corrected chi connectivity index (χ2v) is 6.56. The number of aromatic amines is 1. The Morgan fingerprint density at radius 2 is 2.09 bits per heavy atom. The van der Waals surface area contributed by atoms with E-state index in [4.69, 9.17) is 0 Å². The number of aromatic nitrogens is 2. The van der Waals surface area contributed by atoms with Crippen LogP contribution >= 0.6 is 11.3 Å². The van der Waals surface area contributed by atoms with Crippen molar-refractivity contribution in [3.63, 3.8) is 0 Å². The van der Waals surface area contributed by atoms with Gasteiger partial charge in [-0.1, -0.05) is 12.8 Å². The number of nitrogens with one attached hydrogen (secondary N) is 2. The lowest BCUT2D eigenvalue weighted by Crippen LogP contribution is -2.24. The highest BCUT2D eigenvalue weighted by atomic mass is 32.1. The standard InChI is InChI=1S/C16H20N4O2S/c21-14-13(6-5-7-17-14)15(22)19-16-18-12(11-23-16)10-20-8-3-1-2-4-9-20/h5-7,11H,1-4,8-10H2,(H,17,21)(H,18,19,22). The number of thiazole rings is 1. The highest BCUT2D eigenvalue weighted by Crippen LogP contribution is 2.19. The maximum absolute atomic E-state index is 12.1. The van der Waals surface area contributed by atoms with Gasteiger partial charge in [-0.2, -0.15) is 0 Å². The van der Waals surface area contributed by atoms with Crippen molar-refractivity contribution in [2.24, 2.45) is 0 Å². The zero-order chi connectivity index (χ0) is 16.1. The molecule has 3 rings (SSSR count). The van der Waals surface area contributed by atoms with E-state index in [9.17, 15) is 9.59 Å². The van der Waals surface area contributed by atoms with E-state index in [2.05, 4.69) is 20.2 Å². The SMILES string of the molecule is O=C(Nc1nc(CN2CCCCCC2)cs1)c1ccc[nH]c1=O. The topological polar surface area (TPSA) is 78.1 Å². The van der Waals surface area contributed by atoms with Crippen molar-refractivity contribution in [2.75, 3.05) is 18.4 Å². The molecule has 1 aliphatic heterocycles. The average molecular weight is 332 g/mol. The van der Waals surface area contributed by atoms with Crippen molar-refractivity contribution in [1.29, 1.82) is 0 Å². The summed E-state index contributed by atoms with van der Waals surface area (Å²) in [5, 5.41) is 5.20. The molecule has 1 saturated heterocycles. The molecule has 0 saturated carbocycles. The van der Waals surface area contributed by atoms with E-state index in [0.29, 0.717) is 5.13 Å². The number of carbonyl (C=O) groups is 1. The van der Waals surface area contributed by atoms with E-state index in [-0.39, 0.29) is 5.56 Å². The molecule has 23 heavy (non-hydrogen) atoms. The first-order chi connectivity index (χ1) is 11.2. The first-order valence-electron chi connectivity index (χ1n) is 7.88. The quantitative estimate of drug-likeness (QED) is 0.901. The third kappa shape index (κ3) is 4.27. The van der Waals surface area contributed by atoms with Crippen LogP contribution in [0.25, 0.3) is 0 Å². The van der Waals surface area contributed by atoms with Gasteiger partial charge < -0.3 is 4.98 Å². The van der Waals surface area contributed by atoms with Gasteiger partial charge in [-0.3, -0.25) is 19.8 Å². The fraction of sp³-hybridized carbons (Fsp3) is 0.438. The summed E-state index contributed by atoms with van der Waals surface area (Å²) in [5.41, 5.74) is 0.664. The third-order valence-electron chi connectivity index (χ3n) is 3.92. The number of anilines is 1. The summed E-state index contributed by atoms with van der Waals surface area (Å²) >= 11 is 1.39. The van der Waals surface area contributed by atoms with E-state index in [1.54, 1.807) is 6.07 Å². The number of amides is 1. The molecular formula is C16H20N4O2S. The summed E-state index contributed by atoms with van der Waals surface area (Å²) in [6, 6.07) is 3.13. The van der Waals surface area contributed by atoms with Crippen LogP contribution in [0.3, 0.4) is 0 Å². The van der Waals surface area contributed by atoms with Gasteiger partial charge in [-0.25, -0.2) is 4.98 Å². The van der Waals surface area contributed by atoms with Crippen LogP contribution in [0.5, 0.6) is 0 Å². The molecule has 0 spiro atoms. The number of hydrogen-bond acceptors (Lipinski definition) is 5. The Labute approximate surface area is 138 Å². The van der Waals surface area contributed by atoms with Crippen LogP contribution in [0, 0.1) is 0 Å². The summed E-state index contributed by atoms with van der Waals surface area (Å²) < 4.78 is 0. The first-order valence-corrected chi connectivity index (χ1v) is 8.76. The summed E-state index contributed by atoms with van der Waals surface area (Å²) in [6.07, 6.45) is 6.60. The Morgan fingerprint density at radius 1 is 1.30 bits per heavy atom. The fourth-order valence-electron chi connectivity index (χ4n) is 2.73. The Hall–Kier alpha value is -1.99. The lowest BCUT2D eigenvalue weighted by Gasteiger charge is -2.17. The molecule has 0 aliphatic carbocycles. The summed E-state index contributed by atoms with van der Waals surface area (Å²) in [4.78, 5) is 33.1. The van der Waals surface area contributed by atoms with E-state index < -0.39 is 11.5 Å². The normalized spacial score (nSPS) is 16.0. The molecule has 0 radical (unpaired) electrons. The number of likely N-dealkylation sites (tertiary alicyclic amines) is 1. The molecule has 2 aromatic rings. The van der Waals surface area contributed by atoms with Gasteiger partial charge in [-0.05, 0) is 38.1 Å². The van der Waals surface area contributed by atoms with Crippen molar-refractivity contribution in [3.05, 3.63) is 45.3 Å². The molecule has 2 N–H and O–H groups in total. The highest BCUT2D eigenvalue weighted by Gasteiger charge is 2.14. The molecular weight excluding hydrogens is 312 g/mol. The predicted octanol–water partition coefficient (Wildman–Crippen LogP) is 2.46. The van der Waals surface area contributed by atoms with Crippen molar-refractivity contribution < 1.29 is 4.79 Å². The van der Waals surface area contributed by atoms with E-state index in [1.165, 1.54) is 49.3 Å². The molecule has 0 atom stereocenters. The highest BCUT2D eigenvalue weighted by molar-refractivity contribution is 7.13. The lowest BCUT2D eigenvalue weighted by atomic mass is 10.2. The van der Waals surface area contributed by atoms with Gasteiger partial charge in [0.05, 0.1) is 5.69 Å². The van der Waals surface area contributed by atoms with Crippen molar-refractivity contribution in [1.82, 2.24) is 14.9 Å². The molecule has 0 bridgehead atoms. The van der Waals surface area contributed by atoms with Crippen molar-refractivity contribution >= 4 is 22.4 Å². The van der Waals surface area contributed by atoms with Gasteiger partial charge in [0, 0.05) is 18.1 Å². The van der Waals surface area contributed by atoms with Crippen LogP contribution in [-0.2, 0) is 6.54 Å². The van der Waals surface area contributed by atoms with Gasteiger partial charge in [0.2, 0.25) is 0 Å². The summed E-state index contributed by atoms with van der Waals surface area (Å²) in [7, 11) is 0. The average Bonchev–Trinajstić information content (AvgIpc) is 2.81. The van der Waals surface area contributed by atoms with Crippen molar-refractivity contribution in [3.8, 4) is 0 Å². The Bertz CT molecular complexity index is 717. The van der Waals surface area contributed by atoms with Crippen LogP contribution in [-0.4, -0.2) is 33.9 Å². The monoisotopic (exact) mass is 332 g/mol. The van der Waals surface area contributed by atoms with Gasteiger partial charge in [0.15, 0.2) is 5.13 Å². The predicted molar refractivity (Wildman–Crippen MR) is 90.9 cm³/mol. The maximum atomic E-state index is 12.1. The first kappa shape index (κ1) is 15.9. The molecule has 1 aliphatic rings. The van der Waals surface area contributed by atoms with Crippen molar-refractivity contribution in [2.45, 2.75) is 32.2 Å². The Balaban J connectivity index is 1.62. The van der Waals surface area contributed by atoms with Gasteiger partial charge in [0.25, 0.3) is 11.5 Å². The minimum absolute atomic E-state index is 0.0942. The van der Waals surface area contributed by atoms with E-state index in [1.807, 2.05) is 5.38 Å². The molecule has 122 valence electrons. The molecule has 1 fully saturated rings. The van der Waals surface area contributed by atoms with Gasteiger partial charge in [0.1, 0.15) is 5.56 Å². The van der Waals surface area contributed by atoms with Crippen LogP contribution < -0.4 is 10.9 Å². The van der Waals surface area contributed by atoms with Crippen LogP contribution in [0.2, 0.25) is 0 Å². The summed E-state index contributed by atoms with van der Waals surface area (Å²) in [5.74, 6) is -0.428. The zero-order valence-corrected chi connectivity index (χ0v) is 13.7. The summed E-state index contributed by atoms with van der Waals surface area (Å²) in [6.45, 7) is 3.04. The molecule has 7 heteroatoms. The molecule has 2 aromatic heterocycles. The Morgan fingerprint density at radius 3 is 2.83 bits per heavy atom. The minimum atomic E-state index is -0.428. The van der Waals surface area contributed by atoms with Gasteiger partial charge >= 0.3 is 0 Å². The largest absolute Gasteiger partial charge is 0.328 e. The maximum Gasteiger partial charge on any atom is 0.263 e. The number of pyridine rings is 1. The number of carbonyl (C=O) groups excluding carboxylic acids is 1. The second kappa shape index (κ2) is 7.52. The molecule has 1 amide bonds. The number of rotatable bonds is 4. The van der Waals surface area contributed by atoms with E-state index >= 15 is 0 Å². The zero-order valence-electron chi connectivity index (χ0n) is 12.9. The third-order valence-corrected chi connectivity index (χ3v) is 4.73. The fourth-order valence-corrected chi connectivity index (χ4v) is 3.42. The minimum Gasteiger partial charge on any atom is -0.328 e. The number of nitrogens with zero attached hydrogens (tertiary/aromatic N) is 2. The molecule has 6 nitrogen and oxygen atoms in total. The smallest absolute Gasteiger partial charge is 0.263 e. The molecule has 3 heterocycles. The van der Waals surface area contributed by atoms with E-state index in [0.717, 1.165) is 25.3 Å². The molecule has 0 unspecified atom stereocenters. The number of H-pyrrole nitrogens is 1. The Kier molecular flexibility index (Phi) is 5.19. The lowest BCUT2D eigenvalue weighted by molar-refractivity contribution is 0.102. The number of hydrogen-bond donors (Lipinski definition) is 2. The second-order valence-electron chi connectivity index (χ2n) is 5.70. The van der Waals surface area contributed by atoms with Crippen LogP contribution in [0.15, 0.2) is 28.5 Å². The van der Waals surface area contributed by atoms with Crippen LogP contribution in [0.1, 0.15) is 41.7 Å².